The van der Waals surface area contributed by atoms with Crippen molar-refractivity contribution >= 4 is 23.8 Å². The lowest BCUT2D eigenvalue weighted by Crippen LogP contribution is -2.49. The van der Waals surface area contributed by atoms with E-state index in [4.69, 9.17) is 4.74 Å². The second kappa shape index (κ2) is 12.3. The average Bonchev–Trinajstić information content (AvgIpc) is 3.47. The molecule has 3 aliphatic rings. The second-order valence-electron chi connectivity index (χ2n) is 10.1. The van der Waals surface area contributed by atoms with Crippen molar-refractivity contribution in [3.63, 3.8) is 0 Å². The average molecular weight is 503 g/mol. The van der Waals surface area contributed by atoms with Gasteiger partial charge in [-0.2, -0.15) is 0 Å². The largest absolute Gasteiger partial charge is 0.497 e. The Hall–Kier alpha value is -3.23. The van der Waals surface area contributed by atoms with Crippen LogP contribution in [0.2, 0.25) is 0 Å². The summed E-state index contributed by atoms with van der Waals surface area (Å²) < 4.78 is 5.24. The normalized spacial score (nSPS) is 20.6. The molecule has 1 atom stereocenters. The van der Waals surface area contributed by atoms with E-state index in [1.165, 1.54) is 38.9 Å². The number of rotatable bonds is 8. The van der Waals surface area contributed by atoms with Crippen molar-refractivity contribution in [3.8, 4) is 5.75 Å². The first kappa shape index (κ1) is 25.4. The highest BCUT2D eigenvalue weighted by atomic mass is 16.5. The van der Waals surface area contributed by atoms with Gasteiger partial charge in [0.2, 0.25) is 5.96 Å². The lowest BCUT2D eigenvalue weighted by atomic mass is 10.00. The van der Waals surface area contributed by atoms with Gasteiger partial charge in [-0.3, -0.25) is 14.7 Å². The van der Waals surface area contributed by atoms with Crippen LogP contribution in [-0.2, 0) is 0 Å². The number of aliphatic imine (C=N–C) groups is 2. The van der Waals surface area contributed by atoms with E-state index >= 15 is 0 Å². The van der Waals surface area contributed by atoms with Crippen molar-refractivity contribution in [1.82, 2.24) is 14.7 Å². The lowest BCUT2D eigenvalue weighted by Gasteiger charge is -2.35. The molecule has 0 spiro atoms. The molecule has 2 fully saturated rings. The molecular weight excluding hydrogens is 464 g/mol. The molecule has 1 N–H and O–H groups in total. The second-order valence-corrected chi connectivity index (χ2v) is 10.1. The molecule has 2 aromatic carbocycles. The maximum absolute atomic E-state index is 13.2. The molecule has 8 nitrogen and oxygen atoms in total. The molecule has 0 saturated carbocycles. The quantitative estimate of drug-likeness (QED) is 0.598. The molecule has 0 aromatic heterocycles. The zero-order valence-electron chi connectivity index (χ0n) is 21.8. The van der Waals surface area contributed by atoms with Gasteiger partial charge in [-0.25, -0.2) is 4.99 Å². The van der Waals surface area contributed by atoms with E-state index in [0.717, 1.165) is 49.7 Å². The molecule has 37 heavy (non-hydrogen) atoms. The number of carbonyl (C=O) groups is 1. The number of methoxy groups -OCH3 is 1. The fraction of sp³-hybridized carbons (Fsp3) is 0.483. The van der Waals surface area contributed by atoms with Gasteiger partial charge in [-0.15, -0.1) is 0 Å². The van der Waals surface area contributed by atoms with Crippen LogP contribution in [0.15, 0.2) is 58.5 Å². The number of nitrogens with zero attached hydrogens (tertiary/aromatic N) is 5. The SMILES string of the molecule is COc1ccc(C2C=NC(Nc3cccc(C(=O)N4CCN(CCCN5CCCC5)CC4)c3)=NC2)cc1. The van der Waals surface area contributed by atoms with Crippen molar-refractivity contribution in [2.75, 3.05) is 71.3 Å². The van der Waals surface area contributed by atoms with Gasteiger partial charge in [0.1, 0.15) is 5.75 Å². The number of carbonyl (C=O) groups excluding carboxylic acids is 1. The molecule has 3 heterocycles. The predicted molar refractivity (Wildman–Crippen MR) is 149 cm³/mol. The number of piperazine rings is 1. The summed E-state index contributed by atoms with van der Waals surface area (Å²) in [5.41, 5.74) is 2.68. The summed E-state index contributed by atoms with van der Waals surface area (Å²) in [5, 5.41) is 3.27. The molecule has 1 amide bonds. The summed E-state index contributed by atoms with van der Waals surface area (Å²) in [6.07, 6.45) is 5.85. The number of benzene rings is 2. The van der Waals surface area contributed by atoms with Crippen LogP contribution in [0.25, 0.3) is 0 Å². The fourth-order valence-electron chi connectivity index (χ4n) is 5.29. The molecule has 0 aliphatic carbocycles. The first-order valence-electron chi connectivity index (χ1n) is 13.5. The van der Waals surface area contributed by atoms with Crippen molar-refractivity contribution in [3.05, 3.63) is 59.7 Å². The van der Waals surface area contributed by atoms with E-state index in [-0.39, 0.29) is 11.8 Å². The number of guanidine groups is 1. The Morgan fingerprint density at radius 1 is 0.973 bits per heavy atom. The van der Waals surface area contributed by atoms with Crippen LogP contribution >= 0.6 is 0 Å². The highest BCUT2D eigenvalue weighted by Crippen LogP contribution is 2.21. The van der Waals surface area contributed by atoms with Gasteiger partial charge in [0, 0.05) is 49.6 Å². The highest BCUT2D eigenvalue weighted by molar-refractivity contribution is 6.02. The van der Waals surface area contributed by atoms with Crippen molar-refractivity contribution < 1.29 is 9.53 Å². The van der Waals surface area contributed by atoms with Gasteiger partial charge in [-0.05, 0) is 81.3 Å². The van der Waals surface area contributed by atoms with Gasteiger partial charge < -0.3 is 19.9 Å². The molecular formula is C29H38N6O2. The number of ether oxygens (including phenoxy) is 1. The lowest BCUT2D eigenvalue weighted by molar-refractivity contribution is 0.0633. The van der Waals surface area contributed by atoms with E-state index in [1.807, 2.05) is 59.6 Å². The topological polar surface area (TPSA) is 72.8 Å². The van der Waals surface area contributed by atoms with Crippen LogP contribution in [-0.4, -0.2) is 98.8 Å². The fourth-order valence-corrected chi connectivity index (χ4v) is 5.29. The van der Waals surface area contributed by atoms with Gasteiger partial charge in [0.25, 0.3) is 5.91 Å². The molecule has 196 valence electrons. The highest BCUT2D eigenvalue weighted by Gasteiger charge is 2.23. The zero-order chi connectivity index (χ0) is 25.5. The maximum atomic E-state index is 13.2. The molecule has 8 heteroatoms. The first-order valence-corrected chi connectivity index (χ1v) is 13.5. The van der Waals surface area contributed by atoms with Gasteiger partial charge in [0.05, 0.1) is 13.7 Å². The number of hydrogen-bond acceptors (Lipinski definition) is 7. The zero-order valence-corrected chi connectivity index (χ0v) is 21.8. The van der Waals surface area contributed by atoms with E-state index in [1.54, 1.807) is 7.11 Å². The number of hydrogen-bond donors (Lipinski definition) is 1. The molecule has 2 saturated heterocycles. The van der Waals surface area contributed by atoms with Crippen LogP contribution in [0, 0.1) is 0 Å². The minimum absolute atomic E-state index is 0.0917. The third kappa shape index (κ3) is 6.76. The van der Waals surface area contributed by atoms with E-state index in [9.17, 15) is 4.79 Å². The van der Waals surface area contributed by atoms with E-state index in [0.29, 0.717) is 18.1 Å². The summed E-state index contributed by atoms with van der Waals surface area (Å²) in [4.78, 5) is 29.4. The Morgan fingerprint density at radius 3 is 2.38 bits per heavy atom. The van der Waals surface area contributed by atoms with E-state index in [2.05, 4.69) is 25.1 Å². The summed E-state index contributed by atoms with van der Waals surface area (Å²) in [7, 11) is 1.67. The molecule has 3 aliphatic heterocycles. The smallest absolute Gasteiger partial charge is 0.254 e. The van der Waals surface area contributed by atoms with Gasteiger partial charge in [0.15, 0.2) is 0 Å². The number of nitrogens with one attached hydrogen (secondary N) is 1. The minimum atomic E-state index is 0.0917. The van der Waals surface area contributed by atoms with Crippen molar-refractivity contribution in [1.29, 1.82) is 0 Å². The first-order chi connectivity index (χ1) is 18.2. The Bertz CT molecular complexity index is 1100. The van der Waals surface area contributed by atoms with Gasteiger partial charge in [-0.1, -0.05) is 18.2 Å². The Balaban J connectivity index is 1.09. The third-order valence-electron chi connectivity index (χ3n) is 7.53. The minimum Gasteiger partial charge on any atom is -0.497 e. The Morgan fingerprint density at radius 2 is 1.70 bits per heavy atom. The van der Waals surface area contributed by atoms with Gasteiger partial charge >= 0.3 is 0 Å². The monoisotopic (exact) mass is 502 g/mol. The number of likely N-dealkylation sites (tertiary alicyclic amines) is 1. The van der Waals surface area contributed by atoms with Crippen molar-refractivity contribution in [2.45, 2.75) is 25.2 Å². The summed E-state index contributed by atoms with van der Waals surface area (Å²) in [5.74, 6) is 1.64. The Labute approximate surface area is 220 Å². The molecule has 0 radical (unpaired) electrons. The molecule has 0 bridgehead atoms. The third-order valence-corrected chi connectivity index (χ3v) is 7.53. The Kier molecular flexibility index (Phi) is 8.48. The number of anilines is 1. The van der Waals surface area contributed by atoms with Crippen LogP contribution in [0.1, 0.15) is 41.1 Å². The van der Waals surface area contributed by atoms with Crippen LogP contribution in [0.4, 0.5) is 5.69 Å². The molecule has 5 rings (SSSR count). The number of amides is 1. The van der Waals surface area contributed by atoms with Crippen LogP contribution in [0.5, 0.6) is 5.75 Å². The van der Waals surface area contributed by atoms with Crippen LogP contribution in [0.3, 0.4) is 0 Å². The molecule has 1 unspecified atom stereocenters. The summed E-state index contributed by atoms with van der Waals surface area (Å²) >= 11 is 0. The predicted octanol–water partition coefficient (Wildman–Crippen LogP) is 3.58. The summed E-state index contributed by atoms with van der Waals surface area (Å²) in [6.45, 7) is 8.94. The maximum Gasteiger partial charge on any atom is 0.254 e. The standard InChI is InChI=1S/C29H38N6O2/c1-37-27-10-8-23(9-11-27)25-21-30-29(31-22-25)32-26-7-4-6-24(20-26)28(36)35-18-16-34(17-19-35)15-5-14-33-12-2-3-13-33/h4,6-11,20-21,25H,2-3,5,12-19,22H2,1H3,(H,31,32). The molecule has 2 aromatic rings. The van der Waals surface area contributed by atoms with E-state index < -0.39 is 0 Å². The van der Waals surface area contributed by atoms with Crippen LogP contribution < -0.4 is 10.1 Å². The van der Waals surface area contributed by atoms with Crippen molar-refractivity contribution in [2.24, 2.45) is 9.98 Å². The summed E-state index contributed by atoms with van der Waals surface area (Å²) in [6, 6.07) is 15.7.